The maximum Gasteiger partial charge on any atom is 0.321 e. The summed E-state index contributed by atoms with van der Waals surface area (Å²) in [6.07, 6.45) is 6.97. The van der Waals surface area contributed by atoms with Crippen LogP contribution in [-0.2, 0) is 4.79 Å². The van der Waals surface area contributed by atoms with Crippen LogP contribution >= 0.6 is 11.6 Å². The molecular formula is C18H20ClN3O3. The van der Waals surface area contributed by atoms with Gasteiger partial charge in [0, 0.05) is 17.6 Å². The second-order valence-electron chi connectivity index (χ2n) is 6.09. The molecule has 0 bridgehead atoms. The molecule has 1 fully saturated rings. The lowest BCUT2D eigenvalue weighted by atomic mass is 9.96. The van der Waals surface area contributed by atoms with Gasteiger partial charge in [-0.3, -0.25) is 15.1 Å². The van der Waals surface area contributed by atoms with Gasteiger partial charge in [-0.2, -0.15) is 0 Å². The number of fused-ring (bicyclic) bond motifs is 1. The lowest BCUT2D eigenvalue weighted by molar-refractivity contribution is -0.121. The Balaban J connectivity index is 1.54. The fourth-order valence-corrected chi connectivity index (χ4v) is 3.22. The molecule has 2 N–H and O–H groups in total. The minimum absolute atomic E-state index is 0.145. The topological polar surface area (TPSA) is 80.3 Å². The van der Waals surface area contributed by atoms with E-state index in [0.717, 1.165) is 31.1 Å². The van der Waals surface area contributed by atoms with Crippen molar-refractivity contribution in [2.24, 2.45) is 0 Å². The van der Waals surface area contributed by atoms with Crippen LogP contribution in [0.4, 0.5) is 4.79 Å². The molecule has 1 heterocycles. The lowest BCUT2D eigenvalue weighted by Crippen LogP contribution is -2.46. The highest BCUT2D eigenvalue weighted by Crippen LogP contribution is 2.29. The third-order valence-corrected chi connectivity index (χ3v) is 4.56. The molecule has 3 rings (SSSR count). The smallest absolute Gasteiger partial charge is 0.321 e. The molecule has 1 saturated carbocycles. The summed E-state index contributed by atoms with van der Waals surface area (Å²) in [5.41, 5.74) is 0.578. The molecule has 0 saturated heterocycles. The summed E-state index contributed by atoms with van der Waals surface area (Å²) < 4.78 is 5.51. The molecule has 7 heteroatoms. The molecule has 0 radical (unpaired) electrons. The second kappa shape index (κ2) is 8.16. The van der Waals surface area contributed by atoms with E-state index in [0.29, 0.717) is 16.3 Å². The largest absolute Gasteiger partial charge is 0.481 e. The zero-order valence-corrected chi connectivity index (χ0v) is 14.5. The maximum absolute atomic E-state index is 11.9. The van der Waals surface area contributed by atoms with Gasteiger partial charge in [-0.1, -0.05) is 30.9 Å². The van der Waals surface area contributed by atoms with Gasteiger partial charge in [-0.25, -0.2) is 4.79 Å². The first kappa shape index (κ1) is 17.5. The van der Waals surface area contributed by atoms with Crippen LogP contribution in [-0.4, -0.2) is 29.6 Å². The summed E-state index contributed by atoms with van der Waals surface area (Å²) in [5.74, 6) is -0.0600. The average molecular weight is 362 g/mol. The number of urea groups is 1. The Morgan fingerprint density at radius 3 is 2.80 bits per heavy atom. The van der Waals surface area contributed by atoms with Crippen LogP contribution in [0.15, 0.2) is 30.5 Å². The van der Waals surface area contributed by atoms with E-state index in [9.17, 15) is 9.59 Å². The van der Waals surface area contributed by atoms with Crippen molar-refractivity contribution in [2.45, 2.75) is 38.1 Å². The van der Waals surface area contributed by atoms with Crippen molar-refractivity contribution in [3.05, 3.63) is 35.5 Å². The number of aromatic nitrogens is 1. The molecule has 0 atom stereocenters. The number of hydrogen-bond acceptors (Lipinski definition) is 4. The fourth-order valence-electron chi connectivity index (χ4n) is 3.00. The third kappa shape index (κ3) is 4.60. The summed E-state index contributed by atoms with van der Waals surface area (Å²) in [6.45, 7) is -0.272. The van der Waals surface area contributed by atoms with Gasteiger partial charge < -0.3 is 10.1 Å². The van der Waals surface area contributed by atoms with Crippen LogP contribution in [0.5, 0.6) is 5.75 Å². The fraction of sp³-hybridized carbons (Fsp3) is 0.389. The standard InChI is InChI=1S/C18H20ClN3O3/c19-14-8-9-15(17-13(14)7-4-10-20-17)25-11-16(23)22-18(24)21-12-5-2-1-3-6-12/h4,7-10,12H,1-3,5-6,11H2,(H2,21,22,23,24). The average Bonchev–Trinajstić information content (AvgIpc) is 2.62. The Hall–Kier alpha value is -2.34. The predicted octanol–water partition coefficient (Wildman–Crippen LogP) is 3.43. The first-order valence-corrected chi connectivity index (χ1v) is 8.77. The van der Waals surface area contributed by atoms with Crippen LogP contribution in [0.25, 0.3) is 10.9 Å². The first-order chi connectivity index (χ1) is 12.1. The Kier molecular flexibility index (Phi) is 5.71. The van der Waals surface area contributed by atoms with E-state index in [1.165, 1.54) is 6.42 Å². The summed E-state index contributed by atoms with van der Waals surface area (Å²) in [7, 11) is 0. The summed E-state index contributed by atoms with van der Waals surface area (Å²) >= 11 is 6.13. The number of nitrogens with one attached hydrogen (secondary N) is 2. The molecule has 25 heavy (non-hydrogen) atoms. The van der Waals surface area contributed by atoms with E-state index in [4.69, 9.17) is 16.3 Å². The SMILES string of the molecule is O=C(COc1ccc(Cl)c2cccnc12)NC(=O)NC1CCCCC1. The van der Waals surface area contributed by atoms with E-state index in [1.807, 2.05) is 6.07 Å². The molecule has 132 valence electrons. The number of halogens is 1. The molecule has 1 aliphatic rings. The summed E-state index contributed by atoms with van der Waals surface area (Å²) in [4.78, 5) is 28.0. The second-order valence-corrected chi connectivity index (χ2v) is 6.50. The van der Waals surface area contributed by atoms with Gasteiger partial charge in [0.05, 0.1) is 5.02 Å². The minimum Gasteiger partial charge on any atom is -0.481 e. The zero-order valence-electron chi connectivity index (χ0n) is 13.8. The van der Waals surface area contributed by atoms with Crippen LogP contribution in [0.2, 0.25) is 5.02 Å². The number of pyridine rings is 1. The Morgan fingerprint density at radius 1 is 1.20 bits per heavy atom. The molecule has 2 aromatic rings. The van der Waals surface area contributed by atoms with Crippen LogP contribution in [0.3, 0.4) is 0 Å². The van der Waals surface area contributed by atoms with Gasteiger partial charge in [-0.15, -0.1) is 0 Å². The summed E-state index contributed by atoms with van der Waals surface area (Å²) in [5, 5.41) is 6.43. The lowest BCUT2D eigenvalue weighted by Gasteiger charge is -2.22. The number of carbonyl (C=O) groups is 2. The van der Waals surface area contributed by atoms with Crippen LogP contribution < -0.4 is 15.4 Å². The van der Waals surface area contributed by atoms with Crippen molar-refractivity contribution in [3.8, 4) is 5.75 Å². The number of carbonyl (C=O) groups excluding carboxylic acids is 2. The van der Waals surface area contributed by atoms with E-state index < -0.39 is 11.9 Å². The van der Waals surface area contributed by atoms with E-state index in [1.54, 1.807) is 24.4 Å². The minimum atomic E-state index is -0.507. The Morgan fingerprint density at radius 2 is 2.00 bits per heavy atom. The number of ether oxygens (including phenoxy) is 1. The normalized spacial score (nSPS) is 14.9. The van der Waals surface area contributed by atoms with Crippen molar-refractivity contribution >= 4 is 34.4 Å². The number of nitrogens with zero attached hydrogens (tertiary/aromatic N) is 1. The third-order valence-electron chi connectivity index (χ3n) is 4.23. The van der Waals surface area contributed by atoms with Crippen LogP contribution in [0.1, 0.15) is 32.1 Å². The monoisotopic (exact) mass is 361 g/mol. The van der Waals surface area contributed by atoms with Gasteiger partial charge in [0.25, 0.3) is 5.91 Å². The van der Waals surface area contributed by atoms with Crippen molar-refractivity contribution in [1.29, 1.82) is 0 Å². The molecule has 3 amide bonds. The molecule has 0 spiro atoms. The molecule has 1 aliphatic carbocycles. The molecule has 0 aliphatic heterocycles. The van der Waals surface area contributed by atoms with Gasteiger partial charge in [0.2, 0.25) is 0 Å². The highest BCUT2D eigenvalue weighted by Gasteiger charge is 2.17. The molecular weight excluding hydrogens is 342 g/mol. The predicted molar refractivity (Wildman–Crippen MR) is 95.8 cm³/mol. The molecule has 0 unspecified atom stereocenters. The van der Waals surface area contributed by atoms with Gasteiger partial charge in [0.1, 0.15) is 11.3 Å². The van der Waals surface area contributed by atoms with Crippen molar-refractivity contribution in [2.75, 3.05) is 6.61 Å². The maximum atomic E-state index is 11.9. The number of rotatable bonds is 4. The van der Waals surface area contributed by atoms with Crippen molar-refractivity contribution in [3.63, 3.8) is 0 Å². The zero-order chi connectivity index (χ0) is 17.6. The highest BCUT2D eigenvalue weighted by molar-refractivity contribution is 6.35. The van der Waals surface area contributed by atoms with Crippen molar-refractivity contribution < 1.29 is 14.3 Å². The van der Waals surface area contributed by atoms with Gasteiger partial charge >= 0.3 is 6.03 Å². The molecule has 1 aromatic carbocycles. The van der Waals surface area contributed by atoms with Gasteiger partial charge in [0.15, 0.2) is 6.61 Å². The number of imide groups is 1. The molecule has 1 aromatic heterocycles. The van der Waals surface area contributed by atoms with E-state index in [-0.39, 0.29) is 12.6 Å². The number of amides is 3. The Labute approximate surface area is 150 Å². The summed E-state index contributed by atoms with van der Waals surface area (Å²) in [6, 6.07) is 6.63. The van der Waals surface area contributed by atoms with Crippen molar-refractivity contribution in [1.82, 2.24) is 15.6 Å². The number of hydrogen-bond donors (Lipinski definition) is 2. The number of benzene rings is 1. The molecule has 6 nitrogen and oxygen atoms in total. The quantitative estimate of drug-likeness (QED) is 0.874. The highest BCUT2D eigenvalue weighted by atomic mass is 35.5. The van der Waals surface area contributed by atoms with E-state index >= 15 is 0 Å². The van der Waals surface area contributed by atoms with Crippen LogP contribution in [0, 0.1) is 0 Å². The van der Waals surface area contributed by atoms with E-state index in [2.05, 4.69) is 15.6 Å². The van der Waals surface area contributed by atoms with Gasteiger partial charge in [-0.05, 0) is 37.1 Å². The first-order valence-electron chi connectivity index (χ1n) is 8.40. The Bertz CT molecular complexity index is 775.